The van der Waals surface area contributed by atoms with Crippen LogP contribution >= 0.6 is 0 Å². The van der Waals surface area contributed by atoms with Crippen LogP contribution in [0, 0.1) is 0 Å². The molecular weight excluding hydrogens is 397 g/mol. The number of carbonyl (C=O) groups excluding carboxylic acids is 4. The second-order valence-corrected chi connectivity index (χ2v) is 6.49. The summed E-state index contributed by atoms with van der Waals surface area (Å²) >= 11 is 0. The van der Waals surface area contributed by atoms with Crippen molar-refractivity contribution in [2.24, 2.45) is 0 Å². The van der Waals surface area contributed by atoms with E-state index in [9.17, 15) is 32.3 Å². The van der Waals surface area contributed by atoms with Gasteiger partial charge in [-0.05, 0) is 18.6 Å². The molecule has 29 heavy (non-hydrogen) atoms. The Hall–Kier alpha value is -3.31. The highest BCUT2D eigenvalue weighted by Crippen LogP contribution is 2.27. The molecule has 0 unspecified atom stereocenters. The van der Waals surface area contributed by atoms with Crippen LogP contribution < -0.4 is 20.7 Å². The first-order chi connectivity index (χ1) is 13.4. The second-order valence-electron chi connectivity index (χ2n) is 6.49. The average Bonchev–Trinajstić information content (AvgIpc) is 2.83. The van der Waals surface area contributed by atoms with Crippen molar-refractivity contribution in [1.29, 1.82) is 0 Å². The minimum Gasteiger partial charge on any atom is -0.496 e. The van der Waals surface area contributed by atoms with Crippen molar-refractivity contribution in [3.05, 3.63) is 29.8 Å². The zero-order valence-corrected chi connectivity index (χ0v) is 15.6. The number of imide groups is 2. The molecule has 158 valence electrons. The number of amides is 6. The number of nitrogens with one attached hydrogen (secondary N) is 3. The summed E-state index contributed by atoms with van der Waals surface area (Å²) in [6.45, 7) is -0.995. The third kappa shape index (κ3) is 5.59. The van der Waals surface area contributed by atoms with E-state index in [1.165, 1.54) is 19.4 Å². The van der Waals surface area contributed by atoms with Crippen molar-refractivity contribution in [1.82, 2.24) is 20.9 Å². The van der Waals surface area contributed by atoms with E-state index in [1.807, 2.05) is 0 Å². The average molecular weight is 416 g/mol. The van der Waals surface area contributed by atoms with Gasteiger partial charge in [0.25, 0.3) is 5.91 Å². The fraction of sp³-hybridized carbons (Fsp3) is 0.412. The summed E-state index contributed by atoms with van der Waals surface area (Å²) in [5.74, 6) is -1.33. The van der Waals surface area contributed by atoms with Crippen molar-refractivity contribution in [3.8, 4) is 5.75 Å². The zero-order chi connectivity index (χ0) is 21.8. The van der Waals surface area contributed by atoms with E-state index in [0.717, 1.165) is 0 Å². The van der Waals surface area contributed by atoms with Crippen LogP contribution in [-0.2, 0) is 16.0 Å². The van der Waals surface area contributed by atoms with Crippen LogP contribution in [0.15, 0.2) is 24.3 Å². The first-order valence-electron chi connectivity index (χ1n) is 8.35. The van der Waals surface area contributed by atoms with Crippen LogP contribution in [0.2, 0.25) is 0 Å². The quantitative estimate of drug-likeness (QED) is 0.597. The lowest BCUT2D eigenvalue weighted by atomic mass is 9.92. The highest BCUT2D eigenvalue weighted by atomic mass is 19.4. The SMILES string of the molecule is COc1ccccc1C[C@@]1(C)NC(=O)N(CC(=O)NC(=O)NCC(F)(F)F)C1=O. The van der Waals surface area contributed by atoms with Crippen molar-refractivity contribution in [3.63, 3.8) is 0 Å². The fourth-order valence-corrected chi connectivity index (χ4v) is 2.77. The number of nitrogens with zero attached hydrogens (tertiary/aromatic N) is 1. The number of hydrogen-bond donors (Lipinski definition) is 3. The lowest BCUT2D eigenvalue weighted by molar-refractivity contribution is -0.134. The van der Waals surface area contributed by atoms with E-state index in [2.05, 4.69) is 5.32 Å². The van der Waals surface area contributed by atoms with Gasteiger partial charge in [-0.2, -0.15) is 13.2 Å². The molecular formula is C17H19F3N4O5. The molecule has 1 aromatic rings. The van der Waals surface area contributed by atoms with Gasteiger partial charge in [0.05, 0.1) is 7.11 Å². The molecule has 1 heterocycles. The molecule has 12 heteroatoms. The van der Waals surface area contributed by atoms with Crippen LogP contribution in [0.25, 0.3) is 0 Å². The maximum Gasteiger partial charge on any atom is 0.405 e. The van der Waals surface area contributed by atoms with E-state index >= 15 is 0 Å². The van der Waals surface area contributed by atoms with Gasteiger partial charge >= 0.3 is 18.2 Å². The summed E-state index contributed by atoms with van der Waals surface area (Å²) in [4.78, 5) is 48.6. The van der Waals surface area contributed by atoms with Gasteiger partial charge in [0, 0.05) is 6.42 Å². The van der Waals surface area contributed by atoms with Gasteiger partial charge in [-0.15, -0.1) is 0 Å². The van der Waals surface area contributed by atoms with E-state index in [0.29, 0.717) is 16.2 Å². The van der Waals surface area contributed by atoms with E-state index in [1.54, 1.807) is 29.6 Å². The standard InChI is InChI=1S/C17H19F3N4O5/c1-16(7-10-5-3-4-6-11(10)29-2)13(26)24(15(28)23-16)8-12(25)22-14(27)21-9-17(18,19)20/h3-6H,7-9H2,1-2H3,(H,23,28)(H2,21,22,25,27)/t16-/m1/s1. The van der Waals surface area contributed by atoms with Crippen LogP contribution in [0.3, 0.4) is 0 Å². The van der Waals surface area contributed by atoms with Gasteiger partial charge in [0.1, 0.15) is 24.4 Å². The van der Waals surface area contributed by atoms with E-state index in [4.69, 9.17) is 4.74 Å². The summed E-state index contributed by atoms with van der Waals surface area (Å²) < 4.78 is 41.4. The van der Waals surface area contributed by atoms with Crippen LogP contribution in [-0.4, -0.2) is 60.7 Å². The zero-order valence-electron chi connectivity index (χ0n) is 15.6. The normalized spacial score (nSPS) is 19.0. The van der Waals surface area contributed by atoms with E-state index in [-0.39, 0.29) is 6.42 Å². The highest BCUT2D eigenvalue weighted by molar-refractivity contribution is 6.09. The van der Waals surface area contributed by atoms with Gasteiger partial charge in [-0.3, -0.25) is 19.8 Å². The molecule has 0 bridgehead atoms. The Morgan fingerprint density at radius 3 is 2.52 bits per heavy atom. The van der Waals surface area contributed by atoms with Crippen molar-refractivity contribution in [2.75, 3.05) is 20.2 Å². The molecule has 0 saturated carbocycles. The maximum atomic E-state index is 12.7. The lowest BCUT2D eigenvalue weighted by Gasteiger charge is -2.22. The molecule has 3 N–H and O–H groups in total. The van der Waals surface area contributed by atoms with Gasteiger partial charge in [-0.25, -0.2) is 9.59 Å². The van der Waals surface area contributed by atoms with Crippen molar-refractivity contribution < 1.29 is 37.1 Å². The largest absolute Gasteiger partial charge is 0.496 e. The Morgan fingerprint density at radius 1 is 1.24 bits per heavy atom. The monoisotopic (exact) mass is 416 g/mol. The molecule has 0 spiro atoms. The molecule has 1 aliphatic rings. The molecule has 9 nitrogen and oxygen atoms in total. The summed E-state index contributed by atoms with van der Waals surface area (Å²) in [5, 5.41) is 5.57. The van der Waals surface area contributed by atoms with Gasteiger partial charge in [0.2, 0.25) is 5.91 Å². The lowest BCUT2D eigenvalue weighted by Crippen LogP contribution is -2.49. The first kappa shape index (κ1) is 22.0. The van der Waals surface area contributed by atoms with Crippen LogP contribution in [0.5, 0.6) is 5.75 Å². The molecule has 0 radical (unpaired) electrons. The van der Waals surface area contributed by atoms with Crippen LogP contribution in [0.4, 0.5) is 22.8 Å². The molecule has 6 amide bonds. The number of methoxy groups -OCH3 is 1. The third-order valence-electron chi connectivity index (χ3n) is 4.09. The molecule has 1 saturated heterocycles. The first-order valence-corrected chi connectivity index (χ1v) is 8.35. The summed E-state index contributed by atoms with van der Waals surface area (Å²) in [6, 6.07) is 4.61. The molecule has 1 aliphatic heterocycles. The number of benzene rings is 1. The summed E-state index contributed by atoms with van der Waals surface area (Å²) in [5.41, 5.74) is -0.728. The number of carbonyl (C=O) groups is 4. The predicted molar refractivity (Wildman–Crippen MR) is 92.9 cm³/mol. The molecule has 1 aromatic carbocycles. The fourth-order valence-electron chi connectivity index (χ4n) is 2.77. The molecule has 0 aliphatic carbocycles. The minimum absolute atomic E-state index is 0.0752. The summed E-state index contributed by atoms with van der Waals surface area (Å²) in [6.07, 6.45) is -4.57. The topological polar surface area (TPSA) is 117 Å². The highest BCUT2D eigenvalue weighted by Gasteiger charge is 2.48. The maximum absolute atomic E-state index is 12.7. The van der Waals surface area contributed by atoms with Crippen molar-refractivity contribution >= 4 is 23.9 Å². The predicted octanol–water partition coefficient (Wildman–Crippen LogP) is 0.936. The smallest absolute Gasteiger partial charge is 0.405 e. The number of para-hydroxylation sites is 1. The number of urea groups is 2. The van der Waals surface area contributed by atoms with Crippen molar-refractivity contribution in [2.45, 2.75) is 25.1 Å². The molecule has 1 fully saturated rings. The Labute approximate surface area is 163 Å². The van der Waals surface area contributed by atoms with Gasteiger partial charge in [-0.1, -0.05) is 18.2 Å². The second kappa shape index (κ2) is 8.37. The molecule has 2 rings (SSSR count). The number of alkyl halides is 3. The Kier molecular flexibility index (Phi) is 6.34. The van der Waals surface area contributed by atoms with E-state index < -0.39 is 48.7 Å². The number of hydrogen-bond acceptors (Lipinski definition) is 5. The Balaban J connectivity index is 2.01. The minimum atomic E-state index is -4.65. The number of halogens is 3. The molecule has 1 atom stereocenters. The third-order valence-corrected chi connectivity index (χ3v) is 4.09. The Morgan fingerprint density at radius 2 is 1.90 bits per heavy atom. The van der Waals surface area contributed by atoms with Gasteiger partial charge < -0.3 is 15.4 Å². The Bertz CT molecular complexity index is 830. The van der Waals surface area contributed by atoms with Crippen LogP contribution in [0.1, 0.15) is 12.5 Å². The summed E-state index contributed by atoms with van der Waals surface area (Å²) in [7, 11) is 1.46. The van der Waals surface area contributed by atoms with Gasteiger partial charge in [0.15, 0.2) is 0 Å². The number of rotatable bonds is 6. The number of ether oxygens (including phenoxy) is 1. The molecule has 0 aromatic heterocycles.